The Kier molecular flexibility index (Phi) is 5.16. The normalized spacial score (nSPS) is 11.1. The van der Waals surface area contributed by atoms with Gasteiger partial charge >= 0.3 is 6.18 Å². The number of ether oxygens (including phenoxy) is 1. The summed E-state index contributed by atoms with van der Waals surface area (Å²) in [4.78, 5) is 11.3. The number of anilines is 1. The number of halogens is 3. The topological polar surface area (TPSA) is 38.3 Å². The smallest absolute Gasteiger partial charge is 0.416 e. The van der Waals surface area contributed by atoms with Gasteiger partial charge in [-0.25, -0.2) is 0 Å². The Morgan fingerprint density at radius 3 is 2.11 bits per heavy atom. The van der Waals surface area contributed by atoms with Crippen LogP contribution in [0.15, 0.2) is 72.8 Å². The van der Waals surface area contributed by atoms with E-state index in [1.165, 1.54) is 13.0 Å². The van der Waals surface area contributed by atoms with Gasteiger partial charge in [-0.15, -0.1) is 0 Å². The lowest BCUT2D eigenvalue weighted by molar-refractivity contribution is -0.137. The van der Waals surface area contributed by atoms with Crippen LogP contribution in [-0.4, -0.2) is 5.91 Å². The summed E-state index contributed by atoms with van der Waals surface area (Å²) in [6.07, 6.45) is -4.51. The van der Waals surface area contributed by atoms with E-state index in [0.717, 1.165) is 23.3 Å². The molecule has 0 saturated heterocycles. The first-order valence-electron chi connectivity index (χ1n) is 8.15. The van der Waals surface area contributed by atoms with Crippen molar-refractivity contribution in [2.24, 2.45) is 0 Å². The first-order chi connectivity index (χ1) is 12.8. The second-order valence-corrected chi connectivity index (χ2v) is 5.88. The minimum Gasteiger partial charge on any atom is -0.455 e. The summed E-state index contributed by atoms with van der Waals surface area (Å²) in [6.45, 7) is 1.22. The molecule has 27 heavy (non-hydrogen) atoms. The van der Waals surface area contributed by atoms with E-state index in [1.807, 2.05) is 42.5 Å². The highest BCUT2D eigenvalue weighted by Crippen LogP contribution is 2.37. The number of amides is 1. The molecule has 3 rings (SSSR count). The van der Waals surface area contributed by atoms with Crippen molar-refractivity contribution in [2.75, 3.05) is 5.32 Å². The molecule has 138 valence electrons. The standard InChI is InChI=1S/C21H16F3NO2/c1-14(26)25-19-13-17(21(22,23)24)9-12-20(19)27-18-10-7-16(8-11-18)15-5-3-2-4-6-15/h2-13H,1H3,(H,25,26). The number of benzene rings is 3. The number of alkyl halides is 3. The van der Waals surface area contributed by atoms with Gasteiger partial charge in [-0.1, -0.05) is 42.5 Å². The van der Waals surface area contributed by atoms with E-state index in [0.29, 0.717) is 5.75 Å². The van der Waals surface area contributed by atoms with Crippen LogP contribution in [0.25, 0.3) is 11.1 Å². The predicted molar refractivity (Wildman–Crippen MR) is 97.7 cm³/mol. The van der Waals surface area contributed by atoms with Crippen LogP contribution in [0.3, 0.4) is 0 Å². The number of nitrogens with one attached hydrogen (secondary N) is 1. The van der Waals surface area contributed by atoms with Crippen LogP contribution in [0.4, 0.5) is 18.9 Å². The predicted octanol–water partition coefficient (Wildman–Crippen LogP) is 6.12. The average molecular weight is 371 g/mol. The lowest BCUT2D eigenvalue weighted by Gasteiger charge is -2.15. The lowest BCUT2D eigenvalue weighted by atomic mass is 10.1. The fourth-order valence-corrected chi connectivity index (χ4v) is 2.56. The zero-order valence-corrected chi connectivity index (χ0v) is 14.4. The third-order valence-electron chi connectivity index (χ3n) is 3.81. The average Bonchev–Trinajstić information content (AvgIpc) is 2.63. The second kappa shape index (κ2) is 7.53. The number of hydrogen-bond donors (Lipinski definition) is 1. The van der Waals surface area contributed by atoms with Crippen molar-refractivity contribution in [2.45, 2.75) is 13.1 Å². The van der Waals surface area contributed by atoms with Crippen LogP contribution in [-0.2, 0) is 11.0 Å². The summed E-state index contributed by atoms with van der Waals surface area (Å²) in [5.41, 5.74) is 1.12. The number of rotatable bonds is 4. The van der Waals surface area contributed by atoms with Crippen molar-refractivity contribution in [1.82, 2.24) is 0 Å². The fraction of sp³-hybridized carbons (Fsp3) is 0.0952. The molecule has 0 bridgehead atoms. The molecule has 0 atom stereocenters. The summed E-state index contributed by atoms with van der Waals surface area (Å²) in [6, 6.07) is 19.8. The first-order valence-corrected chi connectivity index (χ1v) is 8.15. The van der Waals surface area contributed by atoms with Gasteiger partial charge in [0.05, 0.1) is 11.3 Å². The summed E-state index contributed by atoms with van der Waals surface area (Å²) in [5, 5.41) is 2.38. The van der Waals surface area contributed by atoms with Gasteiger partial charge < -0.3 is 10.1 Å². The van der Waals surface area contributed by atoms with Gasteiger partial charge in [0.25, 0.3) is 0 Å². The van der Waals surface area contributed by atoms with E-state index >= 15 is 0 Å². The maximum atomic E-state index is 12.9. The molecule has 0 heterocycles. The lowest BCUT2D eigenvalue weighted by Crippen LogP contribution is -2.10. The molecule has 3 aromatic carbocycles. The van der Waals surface area contributed by atoms with Crippen molar-refractivity contribution >= 4 is 11.6 Å². The second-order valence-electron chi connectivity index (χ2n) is 5.88. The Bertz CT molecular complexity index is 936. The van der Waals surface area contributed by atoms with Crippen molar-refractivity contribution in [3.8, 4) is 22.6 Å². The minimum absolute atomic E-state index is 0.0375. The van der Waals surface area contributed by atoms with Crippen molar-refractivity contribution < 1.29 is 22.7 Å². The molecule has 0 spiro atoms. The Morgan fingerprint density at radius 1 is 0.889 bits per heavy atom. The highest BCUT2D eigenvalue weighted by atomic mass is 19.4. The van der Waals surface area contributed by atoms with Crippen LogP contribution in [0.5, 0.6) is 11.5 Å². The molecule has 0 aliphatic heterocycles. The molecule has 0 aromatic heterocycles. The van der Waals surface area contributed by atoms with Gasteiger partial charge in [0.15, 0.2) is 5.75 Å². The molecule has 0 radical (unpaired) electrons. The molecule has 1 N–H and O–H groups in total. The summed E-state index contributed by atoms with van der Waals surface area (Å²) in [7, 11) is 0. The van der Waals surface area contributed by atoms with E-state index in [9.17, 15) is 18.0 Å². The zero-order chi connectivity index (χ0) is 19.4. The van der Waals surface area contributed by atoms with Crippen LogP contribution in [0.1, 0.15) is 12.5 Å². The Hall–Kier alpha value is -3.28. The van der Waals surface area contributed by atoms with Crippen molar-refractivity contribution in [3.05, 3.63) is 78.4 Å². The minimum atomic E-state index is -4.51. The summed E-state index contributed by atoms with van der Waals surface area (Å²) < 4.78 is 44.4. The summed E-state index contributed by atoms with van der Waals surface area (Å²) >= 11 is 0. The number of carbonyl (C=O) groups is 1. The quantitative estimate of drug-likeness (QED) is 0.600. The molecule has 0 saturated carbocycles. The molecule has 3 aromatic rings. The van der Waals surface area contributed by atoms with Gasteiger partial charge in [0.1, 0.15) is 5.75 Å². The van der Waals surface area contributed by atoms with E-state index in [2.05, 4.69) is 5.32 Å². The Balaban J connectivity index is 1.87. The fourth-order valence-electron chi connectivity index (χ4n) is 2.56. The highest BCUT2D eigenvalue weighted by molar-refractivity contribution is 5.90. The van der Waals surface area contributed by atoms with Crippen LogP contribution >= 0.6 is 0 Å². The molecule has 6 heteroatoms. The van der Waals surface area contributed by atoms with Gasteiger partial charge in [0.2, 0.25) is 5.91 Å². The van der Waals surface area contributed by atoms with Crippen LogP contribution in [0, 0.1) is 0 Å². The third kappa shape index (κ3) is 4.67. The molecule has 3 nitrogen and oxygen atoms in total. The van der Waals surface area contributed by atoms with E-state index < -0.39 is 17.6 Å². The highest BCUT2D eigenvalue weighted by Gasteiger charge is 2.31. The Labute approximate surface area is 154 Å². The maximum Gasteiger partial charge on any atom is 0.416 e. The molecular weight excluding hydrogens is 355 g/mol. The Morgan fingerprint density at radius 2 is 1.52 bits per heavy atom. The van der Waals surface area contributed by atoms with Gasteiger partial charge in [-0.2, -0.15) is 13.2 Å². The molecule has 1 amide bonds. The van der Waals surface area contributed by atoms with Gasteiger partial charge in [-0.3, -0.25) is 4.79 Å². The van der Waals surface area contributed by atoms with Gasteiger partial charge in [-0.05, 0) is 41.5 Å². The van der Waals surface area contributed by atoms with Crippen molar-refractivity contribution in [3.63, 3.8) is 0 Å². The molecule has 0 unspecified atom stereocenters. The third-order valence-corrected chi connectivity index (χ3v) is 3.81. The van der Waals surface area contributed by atoms with E-state index in [-0.39, 0.29) is 11.4 Å². The zero-order valence-electron chi connectivity index (χ0n) is 14.4. The number of hydrogen-bond acceptors (Lipinski definition) is 2. The molecule has 0 aliphatic carbocycles. The maximum absolute atomic E-state index is 12.9. The largest absolute Gasteiger partial charge is 0.455 e. The summed E-state index contributed by atoms with van der Waals surface area (Å²) in [5.74, 6) is 0.0882. The molecule has 0 aliphatic rings. The van der Waals surface area contributed by atoms with Gasteiger partial charge in [0, 0.05) is 6.92 Å². The monoisotopic (exact) mass is 371 g/mol. The molecule has 0 fully saturated rings. The number of carbonyl (C=O) groups excluding carboxylic acids is 1. The van der Waals surface area contributed by atoms with Crippen molar-refractivity contribution in [1.29, 1.82) is 0 Å². The van der Waals surface area contributed by atoms with E-state index in [1.54, 1.807) is 12.1 Å². The van der Waals surface area contributed by atoms with E-state index in [4.69, 9.17) is 4.74 Å². The van der Waals surface area contributed by atoms with Crippen LogP contribution in [0.2, 0.25) is 0 Å². The van der Waals surface area contributed by atoms with Crippen LogP contribution < -0.4 is 10.1 Å². The SMILES string of the molecule is CC(=O)Nc1cc(C(F)(F)F)ccc1Oc1ccc(-c2ccccc2)cc1. The first kappa shape index (κ1) is 18.5. The molecular formula is C21H16F3NO2.